The third-order valence-electron chi connectivity index (χ3n) is 6.94. The van der Waals surface area contributed by atoms with Gasteiger partial charge in [0.05, 0.1) is 13.7 Å². The van der Waals surface area contributed by atoms with E-state index >= 15 is 0 Å². The molecule has 0 spiro atoms. The minimum absolute atomic E-state index is 0.0316. The van der Waals surface area contributed by atoms with Crippen LogP contribution in [0.5, 0.6) is 5.75 Å². The van der Waals surface area contributed by atoms with Crippen molar-refractivity contribution >= 4 is 11.8 Å². The predicted molar refractivity (Wildman–Crippen MR) is 159 cm³/mol. The standard InChI is InChI=1S/C34H39N3O3/c1-27(2)19-21-36(34(39)30-15-8-5-9-16-30)26-33(38)37(23-28-12-6-4-7-13-28)25-31-17-11-20-35(31)24-29-14-10-18-32(22-29)40-3/h4-18,20,22,27H,19,21,23-26H2,1-3H3. The highest BCUT2D eigenvalue weighted by atomic mass is 16.5. The second-order valence-electron chi connectivity index (χ2n) is 10.5. The van der Waals surface area contributed by atoms with Crippen LogP contribution in [-0.2, 0) is 24.4 Å². The third kappa shape index (κ3) is 8.09. The van der Waals surface area contributed by atoms with Gasteiger partial charge in [-0.3, -0.25) is 9.59 Å². The highest BCUT2D eigenvalue weighted by molar-refractivity contribution is 5.96. The van der Waals surface area contributed by atoms with Gasteiger partial charge in [-0.15, -0.1) is 0 Å². The van der Waals surface area contributed by atoms with E-state index in [1.165, 1.54) is 0 Å². The van der Waals surface area contributed by atoms with Gasteiger partial charge in [0.15, 0.2) is 0 Å². The van der Waals surface area contributed by atoms with Crippen LogP contribution in [0.3, 0.4) is 0 Å². The van der Waals surface area contributed by atoms with Gasteiger partial charge in [0.25, 0.3) is 5.91 Å². The van der Waals surface area contributed by atoms with Crippen LogP contribution in [0.25, 0.3) is 0 Å². The van der Waals surface area contributed by atoms with E-state index in [9.17, 15) is 9.59 Å². The van der Waals surface area contributed by atoms with Crippen LogP contribution >= 0.6 is 0 Å². The molecule has 40 heavy (non-hydrogen) atoms. The smallest absolute Gasteiger partial charge is 0.254 e. The van der Waals surface area contributed by atoms with Crippen LogP contribution in [0.2, 0.25) is 0 Å². The van der Waals surface area contributed by atoms with Crippen LogP contribution in [-0.4, -0.2) is 46.4 Å². The van der Waals surface area contributed by atoms with Crippen molar-refractivity contribution in [1.29, 1.82) is 0 Å². The van der Waals surface area contributed by atoms with E-state index in [-0.39, 0.29) is 18.4 Å². The molecule has 0 N–H and O–H groups in total. The summed E-state index contributed by atoms with van der Waals surface area (Å²) in [5.74, 6) is 1.04. The molecule has 2 amide bonds. The second kappa shape index (κ2) is 14.2. The Balaban J connectivity index is 1.56. The topological polar surface area (TPSA) is 54.8 Å². The number of aromatic nitrogens is 1. The van der Waals surface area contributed by atoms with Crippen molar-refractivity contribution in [2.75, 3.05) is 20.2 Å². The van der Waals surface area contributed by atoms with Gasteiger partial charge in [-0.2, -0.15) is 0 Å². The lowest BCUT2D eigenvalue weighted by Gasteiger charge is -2.29. The fraction of sp³-hybridized carbons (Fsp3) is 0.294. The SMILES string of the molecule is COc1cccc(Cn2cccc2CN(Cc2ccccc2)C(=O)CN(CCC(C)C)C(=O)c2ccccc2)c1. The minimum atomic E-state index is -0.115. The highest BCUT2D eigenvalue weighted by Gasteiger charge is 2.23. The Morgan fingerprint density at radius 3 is 2.20 bits per heavy atom. The molecule has 0 fully saturated rings. The Morgan fingerprint density at radius 1 is 0.800 bits per heavy atom. The van der Waals surface area contributed by atoms with Gasteiger partial charge in [-0.1, -0.05) is 74.5 Å². The zero-order valence-corrected chi connectivity index (χ0v) is 23.7. The maximum atomic E-state index is 13.9. The van der Waals surface area contributed by atoms with E-state index in [1.54, 1.807) is 12.0 Å². The van der Waals surface area contributed by atoms with Crippen LogP contribution in [0, 0.1) is 5.92 Å². The summed E-state index contributed by atoms with van der Waals surface area (Å²) in [5.41, 5.74) is 3.78. The first-order valence-corrected chi connectivity index (χ1v) is 13.9. The zero-order valence-electron chi connectivity index (χ0n) is 23.7. The molecular formula is C34H39N3O3. The van der Waals surface area contributed by atoms with E-state index in [2.05, 4.69) is 30.5 Å². The molecule has 0 radical (unpaired) electrons. The van der Waals surface area contributed by atoms with Gasteiger partial charge in [0.2, 0.25) is 5.91 Å². The van der Waals surface area contributed by atoms with E-state index < -0.39 is 0 Å². The molecule has 0 aliphatic heterocycles. The fourth-order valence-electron chi connectivity index (χ4n) is 4.64. The summed E-state index contributed by atoms with van der Waals surface area (Å²) in [6.07, 6.45) is 2.86. The number of rotatable bonds is 13. The summed E-state index contributed by atoms with van der Waals surface area (Å²) >= 11 is 0. The number of amides is 2. The van der Waals surface area contributed by atoms with Crippen molar-refractivity contribution in [2.24, 2.45) is 5.92 Å². The summed E-state index contributed by atoms with van der Waals surface area (Å²) in [5, 5.41) is 0. The van der Waals surface area contributed by atoms with Gasteiger partial charge >= 0.3 is 0 Å². The number of nitrogens with zero attached hydrogens (tertiary/aromatic N) is 3. The van der Waals surface area contributed by atoms with Crippen molar-refractivity contribution in [1.82, 2.24) is 14.4 Å². The van der Waals surface area contributed by atoms with Crippen molar-refractivity contribution in [2.45, 2.75) is 39.9 Å². The largest absolute Gasteiger partial charge is 0.497 e. The summed E-state index contributed by atoms with van der Waals surface area (Å²) in [4.78, 5) is 30.9. The lowest BCUT2D eigenvalue weighted by molar-refractivity contribution is -0.133. The molecule has 6 heteroatoms. The molecule has 1 heterocycles. The maximum absolute atomic E-state index is 13.9. The molecule has 0 aliphatic carbocycles. The Labute approximate surface area is 237 Å². The lowest BCUT2D eigenvalue weighted by Crippen LogP contribution is -2.43. The summed E-state index contributed by atoms with van der Waals surface area (Å²) in [6.45, 7) is 6.38. The van der Waals surface area contributed by atoms with Crippen LogP contribution in [0.15, 0.2) is 103 Å². The Bertz CT molecular complexity index is 1370. The van der Waals surface area contributed by atoms with Gasteiger partial charge in [0.1, 0.15) is 12.3 Å². The van der Waals surface area contributed by atoms with E-state index in [1.807, 2.05) is 96.0 Å². The molecule has 4 rings (SSSR count). The van der Waals surface area contributed by atoms with Gasteiger partial charge in [0, 0.05) is 37.1 Å². The van der Waals surface area contributed by atoms with Crippen molar-refractivity contribution in [3.8, 4) is 5.75 Å². The molecule has 0 unspecified atom stereocenters. The number of hydrogen-bond acceptors (Lipinski definition) is 3. The number of carbonyl (C=O) groups is 2. The van der Waals surface area contributed by atoms with Crippen molar-refractivity contribution in [3.63, 3.8) is 0 Å². The number of hydrogen-bond donors (Lipinski definition) is 0. The maximum Gasteiger partial charge on any atom is 0.254 e. The van der Waals surface area contributed by atoms with E-state index in [0.717, 1.165) is 29.0 Å². The van der Waals surface area contributed by atoms with E-state index in [4.69, 9.17) is 4.74 Å². The highest BCUT2D eigenvalue weighted by Crippen LogP contribution is 2.18. The number of methoxy groups -OCH3 is 1. The average molecular weight is 538 g/mol. The van der Waals surface area contributed by atoms with Crippen molar-refractivity contribution < 1.29 is 14.3 Å². The molecule has 208 valence electrons. The van der Waals surface area contributed by atoms with Crippen LogP contribution in [0.1, 0.15) is 47.4 Å². The molecule has 0 bridgehead atoms. The first-order chi connectivity index (χ1) is 19.4. The summed E-state index contributed by atoms with van der Waals surface area (Å²) in [6, 6.07) is 31.3. The zero-order chi connectivity index (χ0) is 28.3. The normalized spacial score (nSPS) is 10.9. The van der Waals surface area contributed by atoms with Gasteiger partial charge in [-0.05, 0) is 59.9 Å². The number of ether oxygens (including phenoxy) is 1. The first-order valence-electron chi connectivity index (χ1n) is 13.9. The fourth-order valence-corrected chi connectivity index (χ4v) is 4.64. The molecule has 1 aromatic heterocycles. The summed E-state index contributed by atoms with van der Waals surface area (Å²) in [7, 11) is 1.67. The van der Waals surface area contributed by atoms with E-state index in [0.29, 0.717) is 37.7 Å². The Kier molecular flexibility index (Phi) is 10.2. The quantitative estimate of drug-likeness (QED) is 0.202. The van der Waals surface area contributed by atoms with Gasteiger partial charge < -0.3 is 19.1 Å². The van der Waals surface area contributed by atoms with Gasteiger partial charge in [-0.25, -0.2) is 0 Å². The second-order valence-corrected chi connectivity index (χ2v) is 10.5. The predicted octanol–water partition coefficient (Wildman–Crippen LogP) is 6.26. The molecular weight excluding hydrogens is 498 g/mol. The third-order valence-corrected chi connectivity index (χ3v) is 6.94. The molecule has 4 aromatic rings. The molecule has 0 saturated carbocycles. The minimum Gasteiger partial charge on any atom is -0.497 e. The molecule has 3 aromatic carbocycles. The Morgan fingerprint density at radius 2 is 1.50 bits per heavy atom. The first kappa shape index (κ1) is 28.7. The molecule has 6 nitrogen and oxygen atoms in total. The van der Waals surface area contributed by atoms with Crippen LogP contribution in [0.4, 0.5) is 0 Å². The number of carbonyl (C=O) groups excluding carboxylic acids is 2. The average Bonchev–Trinajstić information content (AvgIpc) is 3.41. The van der Waals surface area contributed by atoms with Crippen LogP contribution < -0.4 is 4.74 Å². The monoisotopic (exact) mass is 537 g/mol. The Hall–Kier alpha value is -4.32. The molecule has 0 aliphatic rings. The lowest BCUT2D eigenvalue weighted by atomic mass is 10.1. The molecule has 0 saturated heterocycles. The van der Waals surface area contributed by atoms with Crippen molar-refractivity contribution in [3.05, 3.63) is 126 Å². The summed E-state index contributed by atoms with van der Waals surface area (Å²) < 4.78 is 7.55. The number of benzene rings is 3. The molecule has 0 atom stereocenters.